The Morgan fingerprint density at radius 3 is 2.57 bits per heavy atom. The molecule has 0 aliphatic carbocycles. The number of nitro groups is 1. The summed E-state index contributed by atoms with van der Waals surface area (Å²) >= 11 is 5.83. The third kappa shape index (κ3) is 3.46. The Balaban J connectivity index is 2.23. The lowest BCUT2D eigenvalue weighted by atomic mass is 10.2. The van der Waals surface area contributed by atoms with Gasteiger partial charge in [-0.1, -0.05) is 23.7 Å². The summed E-state index contributed by atoms with van der Waals surface area (Å²) in [4.78, 5) is 16.0. The first-order valence-corrected chi connectivity index (χ1v) is 6.40. The SMILES string of the molecule is CN(Cc1ccc(Cl)cc1)c1ccc([N+](=O)[O-])c(C#N)n1. The number of pyridine rings is 1. The lowest BCUT2D eigenvalue weighted by Gasteiger charge is -2.18. The van der Waals surface area contributed by atoms with E-state index in [4.69, 9.17) is 16.9 Å². The fourth-order valence-electron chi connectivity index (χ4n) is 1.83. The molecule has 2 rings (SSSR count). The molecular weight excluding hydrogens is 292 g/mol. The predicted molar refractivity (Wildman–Crippen MR) is 79.2 cm³/mol. The van der Waals surface area contributed by atoms with E-state index in [0.717, 1.165) is 5.56 Å². The number of halogens is 1. The van der Waals surface area contributed by atoms with Gasteiger partial charge in [0.05, 0.1) is 4.92 Å². The zero-order chi connectivity index (χ0) is 15.4. The van der Waals surface area contributed by atoms with Crippen LogP contribution >= 0.6 is 11.6 Å². The van der Waals surface area contributed by atoms with Crippen molar-refractivity contribution < 1.29 is 4.92 Å². The Morgan fingerprint density at radius 1 is 1.33 bits per heavy atom. The number of aromatic nitrogens is 1. The highest BCUT2D eigenvalue weighted by atomic mass is 35.5. The molecule has 0 aliphatic heterocycles. The summed E-state index contributed by atoms with van der Waals surface area (Å²) < 4.78 is 0. The minimum Gasteiger partial charge on any atom is -0.355 e. The molecule has 0 unspecified atom stereocenters. The third-order valence-electron chi connectivity index (χ3n) is 2.89. The van der Waals surface area contributed by atoms with Crippen LogP contribution in [0.1, 0.15) is 11.3 Å². The van der Waals surface area contributed by atoms with Crippen LogP contribution in [0.2, 0.25) is 5.02 Å². The van der Waals surface area contributed by atoms with Crippen molar-refractivity contribution in [2.24, 2.45) is 0 Å². The Kier molecular flexibility index (Phi) is 4.36. The highest BCUT2D eigenvalue weighted by molar-refractivity contribution is 6.30. The summed E-state index contributed by atoms with van der Waals surface area (Å²) in [6, 6.07) is 11.9. The van der Waals surface area contributed by atoms with Crippen LogP contribution in [0, 0.1) is 21.4 Å². The van der Waals surface area contributed by atoms with Gasteiger partial charge in [-0.25, -0.2) is 4.98 Å². The molecule has 6 nitrogen and oxygen atoms in total. The van der Waals surface area contributed by atoms with E-state index in [1.165, 1.54) is 12.1 Å². The van der Waals surface area contributed by atoms with Gasteiger partial charge in [-0.2, -0.15) is 5.26 Å². The number of benzene rings is 1. The van der Waals surface area contributed by atoms with Gasteiger partial charge in [0.1, 0.15) is 11.9 Å². The van der Waals surface area contributed by atoms with Crippen molar-refractivity contribution in [3.8, 4) is 6.07 Å². The van der Waals surface area contributed by atoms with E-state index < -0.39 is 4.92 Å². The number of anilines is 1. The van der Waals surface area contributed by atoms with Crippen molar-refractivity contribution in [2.75, 3.05) is 11.9 Å². The van der Waals surface area contributed by atoms with E-state index in [9.17, 15) is 10.1 Å². The minimum absolute atomic E-state index is 0.194. The second kappa shape index (κ2) is 6.20. The molecule has 0 atom stereocenters. The molecule has 0 N–H and O–H groups in total. The lowest BCUT2D eigenvalue weighted by Crippen LogP contribution is -2.18. The van der Waals surface area contributed by atoms with E-state index in [2.05, 4.69) is 4.98 Å². The monoisotopic (exact) mass is 302 g/mol. The molecule has 1 heterocycles. The number of nitriles is 1. The van der Waals surface area contributed by atoms with Crippen LogP contribution in [0.5, 0.6) is 0 Å². The summed E-state index contributed by atoms with van der Waals surface area (Å²) in [5.41, 5.74) is 0.530. The zero-order valence-corrected chi connectivity index (χ0v) is 11.9. The molecule has 2 aromatic rings. The molecule has 7 heteroatoms. The smallest absolute Gasteiger partial charge is 0.305 e. The largest absolute Gasteiger partial charge is 0.355 e. The van der Waals surface area contributed by atoms with Gasteiger partial charge in [-0.15, -0.1) is 0 Å². The zero-order valence-electron chi connectivity index (χ0n) is 11.2. The van der Waals surface area contributed by atoms with E-state index >= 15 is 0 Å². The summed E-state index contributed by atoms with van der Waals surface area (Å²) in [5, 5.41) is 20.4. The van der Waals surface area contributed by atoms with Gasteiger partial charge in [-0.05, 0) is 23.8 Å². The number of rotatable bonds is 4. The van der Waals surface area contributed by atoms with Gasteiger partial charge in [0.25, 0.3) is 0 Å². The maximum atomic E-state index is 10.8. The van der Waals surface area contributed by atoms with Crippen LogP contribution in [0.25, 0.3) is 0 Å². The van der Waals surface area contributed by atoms with Gasteiger partial charge in [0.15, 0.2) is 0 Å². The quantitative estimate of drug-likeness (QED) is 0.640. The molecule has 0 saturated heterocycles. The average Bonchev–Trinajstić information content (AvgIpc) is 2.48. The van der Waals surface area contributed by atoms with Gasteiger partial charge in [-0.3, -0.25) is 10.1 Å². The first kappa shape index (κ1) is 14.8. The molecule has 0 amide bonds. The Hall–Kier alpha value is -2.65. The maximum absolute atomic E-state index is 10.8. The van der Waals surface area contributed by atoms with E-state index in [1.807, 2.05) is 12.1 Å². The van der Waals surface area contributed by atoms with Gasteiger partial charge < -0.3 is 4.90 Å². The predicted octanol–water partition coefficient (Wildman–Crippen LogP) is 3.15. The molecule has 0 saturated carbocycles. The first-order chi connectivity index (χ1) is 10.0. The van der Waals surface area contributed by atoms with E-state index in [-0.39, 0.29) is 11.4 Å². The Labute approximate surface area is 126 Å². The molecule has 0 spiro atoms. The molecular formula is C14H11ClN4O2. The van der Waals surface area contributed by atoms with Crippen molar-refractivity contribution in [2.45, 2.75) is 6.54 Å². The minimum atomic E-state index is -0.617. The number of hydrogen-bond donors (Lipinski definition) is 0. The van der Waals surface area contributed by atoms with Gasteiger partial charge in [0.2, 0.25) is 5.69 Å². The lowest BCUT2D eigenvalue weighted by molar-refractivity contribution is -0.385. The van der Waals surface area contributed by atoms with Crippen molar-refractivity contribution in [1.29, 1.82) is 5.26 Å². The van der Waals surface area contributed by atoms with Crippen LogP contribution in [0.4, 0.5) is 11.5 Å². The van der Waals surface area contributed by atoms with Crippen LogP contribution in [-0.4, -0.2) is 17.0 Å². The molecule has 1 aromatic heterocycles. The fourth-order valence-corrected chi connectivity index (χ4v) is 1.95. The van der Waals surface area contributed by atoms with Crippen molar-refractivity contribution in [1.82, 2.24) is 4.98 Å². The normalized spacial score (nSPS) is 9.95. The van der Waals surface area contributed by atoms with Gasteiger partial charge in [0, 0.05) is 24.7 Å². The summed E-state index contributed by atoms with van der Waals surface area (Å²) in [5.74, 6) is 0.493. The number of hydrogen-bond acceptors (Lipinski definition) is 5. The van der Waals surface area contributed by atoms with Crippen LogP contribution < -0.4 is 4.90 Å². The molecule has 21 heavy (non-hydrogen) atoms. The van der Waals surface area contributed by atoms with Crippen LogP contribution in [-0.2, 0) is 6.54 Å². The van der Waals surface area contributed by atoms with Gasteiger partial charge >= 0.3 is 5.69 Å². The highest BCUT2D eigenvalue weighted by Crippen LogP contribution is 2.21. The second-order valence-electron chi connectivity index (χ2n) is 4.39. The summed E-state index contributed by atoms with van der Waals surface area (Å²) in [7, 11) is 1.80. The van der Waals surface area contributed by atoms with Crippen molar-refractivity contribution >= 4 is 23.1 Å². The van der Waals surface area contributed by atoms with E-state index in [0.29, 0.717) is 17.4 Å². The Bertz CT molecular complexity index is 710. The maximum Gasteiger partial charge on any atom is 0.305 e. The van der Waals surface area contributed by atoms with E-state index in [1.54, 1.807) is 30.1 Å². The van der Waals surface area contributed by atoms with Crippen LogP contribution in [0.3, 0.4) is 0 Å². The summed E-state index contributed by atoms with van der Waals surface area (Å²) in [6.45, 7) is 0.548. The molecule has 0 aliphatic rings. The topological polar surface area (TPSA) is 83.1 Å². The fraction of sp³-hybridized carbons (Fsp3) is 0.143. The molecule has 1 aromatic carbocycles. The third-order valence-corrected chi connectivity index (χ3v) is 3.14. The first-order valence-electron chi connectivity index (χ1n) is 6.02. The standard InChI is InChI=1S/C14H11ClN4O2/c1-18(9-10-2-4-11(15)5-3-10)14-7-6-13(19(20)21)12(8-16)17-14/h2-7H,9H2,1H3. The van der Waals surface area contributed by atoms with Crippen molar-refractivity contribution in [3.63, 3.8) is 0 Å². The highest BCUT2D eigenvalue weighted by Gasteiger charge is 2.16. The van der Waals surface area contributed by atoms with Crippen LogP contribution in [0.15, 0.2) is 36.4 Å². The second-order valence-corrected chi connectivity index (χ2v) is 4.83. The molecule has 0 fully saturated rings. The Morgan fingerprint density at radius 2 is 2.00 bits per heavy atom. The molecule has 106 valence electrons. The number of nitrogens with zero attached hydrogens (tertiary/aromatic N) is 4. The average molecular weight is 303 g/mol. The molecule has 0 radical (unpaired) electrons. The van der Waals surface area contributed by atoms with Crippen molar-refractivity contribution in [3.05, 3.63) is 62.8 Å². The summed E-state index contributed by atoms with van der Waals surface area (Å²) in [6.07, 6.45) is 0. The molecule has 0 bridgehead atoms.